The molecule has 1 aliphatic rings. The molecule has 0 aliphatic carbocycles. The molecule has 0 bridgehead atoms. The molecule has 1 aromatic rings. The van der Waals surface area contributed by atoms with Crippen LogP contribution in [-0.4, -0.2) is 34.9 Å². The minimum atomic E-state index is -0.0424. The Balaban J connectivity index is 0.00000162. The summed E-state index contributed by atoms with van der Waals surface area (Å²) in [7, 11) is 0. The number of rotatable bonds is 3. The standard InChI is InChI=1S/C12H19N3OS.2ClH/c1-9(13)8-11(16)15-5-2-10(3-6-15)12-14-4-7-17-12;;/h4,7,9-10H,2-3,5-6,8,13H2,1H3;2*1H. The zero-order chi connectivity index (χ0) is 12.3. The molecule has 0 spiro atoms. The molecule has 7 heteroatoms. The van der Waals surface area contributed by atoms with Crippen molar-refractivity contribution in [1.82, 2.24) is 9.88 Å². The third kappa shape index (κ3) is 5.26. The van der Waals surface area contributed by atoms with E-state index in [1.807, 2.05) is 23.4 Å². The van der Waals surface area contributed by atoms with Crippen LogP contribution in [0.2, 0.25) is 0 Å². The molecule has 0 saturated carbocycles. The summed E-state index contributed by atoms with van der Waals surface area (Å²) in [6.07, 6.45) is 4.37. The highest BCUT2D eigenvalue weighted by atomic mass is 35.5. The lowest BCUT2D eigenvalue weighted by molar-refractivity contribution is -0.132. The number of hydrogen-bond acceptors (Lipinski definition) is 4. The van der Waals surface area contributed by atoms with Crippen molar-refractivity contribution in [2.75, 3.05) is 13.1 Å². The van der Waals surface area contributed by atoms with Gasteiger partial charge in [0.2, 0.25) is 5.91 Å². The van der Waals surface area contributed by atoms with Crippen molar-refractivity contribution in [3.63, 3.8) is 0 Å². The van der Waals surface area contributed by atoms with Crippen LogP contribution in [-0.2, 0) is 4.79 Å². The average Bonchev–Trinajstić information content (AvgIpc) is 2.82. The first-order chi connectivity index (χ1) is 8.16. The van der Waals surface area contributed by atoms with E-state index in [0.29, 0.717) is 12.3 Å². The molecule has 1 amide bonds. The Bertz CT molecular complexity index is 365. The summed E-state index contributed by atoms with van der Waals surface area (Å²) in [6.45, 7) is 3.56. The van der Waals surface area contributed by atoms with Gasteiger partial charge in [-0.1, -0.05) is 0 Å². The van der Waals surface area contributed by atoms with Crippen LogP contribution in [0.4, 0.5) is 0 Å². The molecule has 110 valence electrons. The van der Waals surface area contributed by atoms with Crippen LogP contribution in [0.3, 0.4) is 0 Å². The number of piperidine rings is 1. The van der Waals surface area contributed by atoms with E-state index in [2.05, 4.69) is 4.98 Å². The van der Waals surface area contributed by atoms with Crippen molar-refractivity contribution in [3.05, 3.63) is 16.6 Å². The minimum absolute atomic E-state index is 0. The Labute approximate surface area is 130 Å². The number of carbonyl (C=O) groups excluding carboxylic acids is 1. The highest BCUT2D eigenvalue weighted by Gasteiger charge is 2.25. The molecule has 1 unspecified atom stereocenters. The molecule has 2 heterocycles. The average molecular weight is 326 g/mol. The Kier molecular flexibility index (Phi) is 8.57. The van der Waals surface area contributed by atoms with Crippen LogP contribution < -0.4 is 5.73 Å². The van der Waals surface area contributed by atoms with Crippen molar-refractivity contribution in [1.29, 1.82) is 0 Å². The Morgan fingerprint density at radius 3 is 2.63 bits per heavy atom. The number of nitrogens with zero attached hydrogens (tertiary/aromatic N) is 2. The van der Waals surface area contributed by atoms with Crippen LogP contribution in [0.5, 0.6) is 0 Å². The molecule has 1 fully saturated rings. The minimum Gasteiger partial charge on any atom is -0.343 e. The van der Waals surface area contributed by atoms with Gasteiger partial charge in [0.15, 0.2) is 0 Å². The number of halogens is 2. The Morgan fingerprint density at radius 2 is 2.16 bits per heavy atom. The van der Waals surface area contributed by atoms with E-state index in [9.17, 15) is 4.79 Å². The normalized spacial score (nSPS) is 17.3. The largest absolute Gasteiger partial charge is 0.343 e. The fraction of sp³-hybridized carbons (Fsp3) is 0.667. The molecule has 1 aliphatic heterocycles. The van der Waals surface area contributed by atoms with E-state index < -0.39 is 0 Å². The van der Waals surface area contributed by atoms with Crippen LogP contribution in [0.1, 0.15) is 37.1 Å². The maximum absolute atomic E-state index is 11.8. The van der Waals surface area contributed by atoms with Crippen molar-refractivity contribution >= 4 is 42.1 Å². The summed E-state index contributed by atoms with van der Waals surface area (Å²) in [5.41, 5.74) is 5.65. The number of thiazole rings is 1. The molecule has 2 rings (SSSR count). The zero-order valence-electron chi connectivity index (χ0n) is 10.9. The van der Waals surface area contributed by atoms with Crippen LogP contribution >= 0.6 is 36.2 Å². The first-order valence-electron chi connectivity index (χ1n) is 6.09. The molecule has 0 aromatic carbocycles. The van der Waals surface area contributed by atoms with Gasteiger partial charge < -0.3 is 10.6 Å². The molecule has 2 N–H and O–H groups in total. The second-order valence-corrected chi connectivity index (χ2v) is 5.63. The van der Waals surface area contributed by atoms with Gasteiger partial charge in [-0.05, 0) is 19.8 Å². The van der Waals surface area contributed by atoms with Gasteiger partial charge in [0.1, 0.15) is 0 Å². The number of amides is 1. The Hall–Kier alpha value is -0.360. The predicted molar refractivity (Wildman–Crippen MR) is 83.4 cm³/mol. The maximum Gasteiger partial charge on any atom is 0.224 e. The smallest absolute Gasteiger partial charge is 0.224 e. The number of carbonyl (C=O) groups is 1. The summed E-state index contributed by atoms with van der Waals surface area (Å²) in [4.78, 5) is 18.1. The van der Waals surface area contributed by atoms with Gasteiger partial charge in [-0.3, -0.25) is 4.79 Å². The van der Waals surface area contributed by atoms with Gasteiger partial charge in [-0.15, -0.1) is 36.2 Å². The highest BCUT2D eigenvalue weighted by molar-refractivity contribution is 7.09. The highest BCUT2D eigenvalue weighted by Crippen LogP contribution is 2.29. The summed E-state index contributed by atoms with van der Waals surface area (Å²) in [5.74, 6) is 0.729. The topological polar surface area (TPSA) is 59.2 Å². The van der Waals surface area contributed by atoms with Crippen LogP contribution in [0.15, 0.2) is 11.6 Å². The van der Waals surface area contributed by atoms with Gasteiger partial charge in [-0.25, -0.2) is 4.98 Å². The quantitative estimate of drug-likeness (QED) is 0.928. The summed E-state index contributed by atoms with van der Waals surface area (Å²) in [6, 6.07) is -0.0424. The lowest BCUT2D eigenvalue weighted by Crippen LogP contribution is -2.40. The third-order valence-electron chi connectivity index (χ3n) is 3.14. The molecule has 1 saturated heterocycles. The maximum atomic E-state index is 11.8. The van der Waals surface area contributed by atoms with Gasteiger partial charge in [0.25, 0.3) is 0 Å². The molecular weight excluding hydrogens is 305 g/mol. The van der Waals surface area contributed by atoms with Crippen molar-refractivity contribution in [2.24, 2.45) is 5.73 Å². The Morgan fingerprint density at radius 1 is 1.53 bits per heavy atom. The predicted octanol–water partition coefficient (Wildman–Crippen LogP) is 2.43. The summed E-state index contributed by atoms with van der Waals surface area (Å²) >= 11 is 1.72. The lowest BCUT2D eigenvalue weighted by atomic mass is 9.97. The first-order valence-corrected chi connectivity index (χ1v) is 6.97. The van der Waals surface area contributed by atoms with Gasteiger partial charge in [0.05, 0.1) is 5.01 Å². The summed E-state index contributed by atoms with van der Waals surface area (Å²) in [5, 5.41) is 3.23. The van der Waals surface area contributed by atoms with Crippen molar-refractivity contribution in [2.45, 2.75) is 38.1 Å². The fourth-order valence-corrected chi connectivity index (χ4v) is 3.03. The molecule has 4 nitrogen and oxygen atoms in total. The lowest BCUT2D eigenvalue weighted by Gasteiger charge is -2.31. The third-order valence-corrected chi connectivity index (χ3v) is 4.08. The monoisotopic (exact) mass is 325 g/mol. The fourth-order valence-electron chi connectivity index (χ4n) is 2.22. The van der Waals surface area contributed by atoms with Gasteiger partial charge in [0, 0.05) is 43.0 Å². The molecule has 1 atom stereocenters. The zero-order valence-corrected chi connectivity index (χ0v) is 13.4. The number of hydrogen-bond donors (Lipinski definition) is 1. The second kappa shape index (κ2) is 8.74. The van der Waals surface area contributed by atoms with E-state index in [4.69, 9.17) is 5.73 Å². The van der Waals surface area contributed by atoms with Crippen LogP contribution in [0.25, 0.3) is 0 Å². The molecular formula is C12H21Cl2N3OS. The van der Waals surface area contributed by atoms with E-state index in [1.165, 1.54) is 5.01 Å². The molecule has 0 radical (unpaired) electrons. The van der Waals surface area contributed by atoms with Gasteiger partial charge in [-0.2, -0.15) is 0 Å². The van der Waals surface area contributed by atoms with E-state index in [1.54, 1.807) is 11.3 Å². The van der Waals surface area contributed by atoms with E-state index >= 15 is 0 Å². The van der Waals surface area contributed by atoms with E-state index in [0.717, 1.165) is 25.9 Å². The summed E-state index contributed by atoms with van der Waals surface area (Å²) < 4.78 is 0. The number of likely N-dealkylation sites (tertiary alicyclic amines) is 1. The van der Waals surface area contributed by atoms with Crippen molar-refractivity contribution in [3.8, 4) is 0 Å². The van der Waals surface area contributed by atoms with Gasteiger partial charge >= 0.3 is 0 Å². The van der Waals surface area contributed by atoms with Crippen molar-refractivity contribution < 1.29 is 4.79 Å². The number of aromatic nitrogens is 1. The SMILES string of the molecule is CC(N)CC(=O)N1CCC(c2nccs2)CC1.Cl.Cl. The van der Waals surface area contributed by atoms with E-state index in [-0.39, 0.29) is 36.8 Å². The second-order valence-electron chi connectivity index (χ2n) is 4.71. The van der Waals surface area contributed by atoms with Crippen LogP contribution in [0, 0.1) is 0 Å². The number of nitrogens with two attached hydrogens (primary N) is 1. The molecule has 19 heavy (non-hydrogen) atoms. The molecule has 1 aromatic heterocycles. The first kappa shape index (κ1) is 18.6.